The molecule has 1 saturated heterocycles. The average molecular weight is 390 g/mol. The van der Waals surface area contributed by atoms with E-state index < -0.39 is 36.3 Å². The minimum atomic E-state index is -1.42. The number of rotatable bonds is 8. The lowest BCUT2D eigenvalue weighted by atomic mass is 10.0. The lowest BCUT2D eigenvalue weighted by molar-refractivity contribution is -0.304. The van der Waals surface area contributed by atoms with E-state index in [-0.39, 0.29) is 24.8 Å². The largest absolute Gasteiger partial charge is 0.548 e. The molecular formula is C19H24N3O6-. The third kappa shape index (κ3) is 5.21. The van der Waals surface area contributed by atoms with Crippen LogP contribution in [-0.2, 0) is 19.2 Å². The summed E-state index contributed by atoms with van der Waals surface area (Å²) < 4.78 is 5.10. The van der Waals surface area contributed by atoms with Gasteiger partial charge < -0.3 is 30.2 Å². The lowest BCUT2D eigenvalue weighted by Gasteiger charge is -2.23. The Labute approximate surface area is 163 Å². The maximum Gasteiger partial charge on any atom is 0.243 e. The molecule has 0 aromatic heterocycles. The van der Waals surface area contributed by atoms with Crippen molar-refractivity contribution in [3.63, 3.8) is 0 Å². The fourth-order valence-corrected chi connectivity index (χ4v) is 2.97. The minimum Gasteiger partial charge on any atom is -0.548 e. The van der Waals surface area contributed by atoms with E-state index >= 15 is 0 Å². The fraction of sp³-hybridized carbons (Fsp3) is 0.474. The third-order valence-corrected chi connectivity index (χ3v) is 4.53. The second kappa shape index (κ2) is 9.20. The van der Waals surface area contributed by atoms with Gasteiger partial charge in [-0.15, -0.1) is 0 Å². The molecule has 3 amide bonds. The van der Waals surface area contributed by atoms with Crippen molar-refractivity contribution < 1.29 is 29.0 Å². The zero-order valence-electron chi connectivity index (χ0n) is 16.1. The number of carbonyl (C=O) groups excluding carboxylic acids is 4. The van der Waals surface area contributed by atoms with Crippen molar-refractivity contribution in [3.8, 4) is 5.75 Å². The van der Waals surface area contributed by atoms with Gasteiger partial charge in [-0.1, -0.05) is 13.8 Å². The number of hydrogen-bond donors (Lipinski definition) is 2. The van der Waals surface area contributed by atoms with Crippen molar-refractivity contribution in [2.75, 3.05) is 25.1 Å². The molecule has 1 fully saturated rings. The quantitative estimate of drug-likeness (QED) is 0.589. The molecule has 1 heterocycles. The average Bonchev–Trinajstić information content (AvgIpc) is 3.05. The fourth-order valence-electron chi connectivity index (χ4n) is 2.97. The van der Waals surface area contributed by atoms with Gasteiger partial charge in [-0.25, -0.2) is 0 Å². The van der Waals surface area contributed by atoms with Gasteiger partial charge in [0.15, 0.2) is 0 Å². The first kappa shape index (κ1) is 21.2. The van der Waals surface area contributed by atoms with Crippen molar-refractivity contribution in [1.82, 2.24) is 10.6 Å². The number of anilines is 1. The van der Waals surface area contributed by atoms with Gasteiger partial charge in [-0.05, 0) is 30.2 Å². The van der Waals surface area contributed by atoms with Crippen molar-refractivity contribution in [3.05, 3.63) is 24.3 Å². The van der Waals surface area contributed by atoms with Crippen LogP contribution in [0.1, 0.15) is 20.3 Å². The number of carboxylic acids is 1. The smallest absolute Gasteiger partial charge is 0.243 e. The van der Waals surface area contributed by atoms with E-state index in [9.17, 15) is 24.3 Å². The van der Waals surface area contributed by atoms with E-state index in [0.29, 0.717) is 11.4 Å². The number of aliphatic carboxylic acids is 1. The van der Waals surface area contributed by atoms with Crippen molar-refractivity contribution in [1.29, 1.82) is 0 Å². The second-order valence-electron chi connectivity index (χ2n) is 6.92. The Balaban J connectivity index is 2.01. The first-order valence-electron chi connectivity index (χ1n) is 8.95. The van der Waals surface area contributed by atoms with E-state index in [1.807, 2.05) is 0 Å². The molecule has 1 aromatic rings. The number of methoxy groups -OCH3 is 1. The summed E-state index contributed by atoms with van der Waals surface area (Å²) >= 11 is 0. The summed E-state index contributed by atoms with van der Waals surface area (Å²) in [4.78, 5) is 49.1. The highest BCUT2D eigenvalue weighted by Gasteiger charge is 2.37. The van der Waals surface area contributed by atoms with E-state index in [2.05, 4.69) is 10.6 Å². The molecule has 0 radical (unpaired) electrons. The highest BCUT2D eigenvalue weighted by atomic mass is 16.5. The Kier molecular flexibility index (Phi) is 6.97. The maximum absolute atomic E-state index is 12.6. The predicted octanol–water partition coefficient (Wildman–Crippen LogP) is -0.945. The Hall–Kier alpha value is -3.10. The molecule has 1 aliphatic heterocycles. The van der Waals surface area contributed by atoms with Crippen LogP contribution in [0.25, 0.3) is 0 Å². The number of ether oxygens (including phenoxy) is 1. The van der Waals surface area contributed by atoms with Gasteiger partial charge in [-0.2, -0.15) is 0 Å². The highest BCUT2D eigenvalue weighted by Crippen LogP contribution is 2.27. The van der Waals surface area contributed by atoms with E-state index in [1.165, 1.54) is 4.90 Å². The molecule has 9 nitrogen and oxygen atoms in total. The standard InChI is InChI=1S/C19H25N3O6/c1-11(2)17(19(27)20-9-16(24)25)21-18(26)12-8-15(23)22(10-12)13-4-6-14(28-3)7-5-13/h4-7,11-12,17H,8-10H2,1-3H3,(H,20,27)(H,21,26)(H,24,25)/p-1/t12-,17-/m0/s1. The molecule has 2 N–H and O–H groups in total. The molecule has 2 rings (SSSR count). The van der Waals surface area contributed by atoms with Crippen LogP contribution in [0.3, 0.4) is 0 Å². The zero-order chi connectivity index (χ0) is 20.8. The van der Waals surface area contributed by atoms with E-state index in [0.717, 1.165) is 0 Å². The molecule has 0 unspecified atom stereocenters. The number of carbonyl (C=O) groups is 4. The third-order valence-electron chi connectivity index (χ3n) is 4.53. The zero-order valence-corrected chi connectivity index (χ0v) is 16.1. The number of benzene rings is 1. The van der Waals surface area contributed by atoms with Gasteiger partial charge in [0, 0.05) is 18.7 Å². The van der Waals surface area contributed by atoms with Crippen molar-refractivity contribution in [2.45, 2.75) is 26.3 Å². The first-order chi connectivity index (χ1) is 13.2. The molecule has 1 aliphatic rings. The van der Waals surface area contributed by atoms with Crippen LogP contribution >= 0.6 is 0 Å². The highest BCUT2D eigenvalue weighted by molar-refractivity contribution is 6.01. The van der Waals surface area contributed by atoms with Gasteiger partial charge >= 0.3 is 0 Å². The van der Waals surface area contributed by atoms with E-state index in [1.54, 1.807) is 45.2 Å². The summed E-state index contributed by atoms with van der Waals surface area (Å²) in [7, 11) is 1.55. The summed E-state index contributed by atoms with van der Waals surface area (Å²) in [6, 6.07) is 6.03. The van der Waals surface area contributed by atoms with Crippen LogP contribution in [0.5, 0.6) is 5.75 Å². The SMILES string of the molecule is COc1ccc(N2C[C@@H](C(=O)N[C@H](C(=O)NCC(=O)[O-])C(C)C)CC2=O)cc1. The van der Waals surface area contributed by atoms with Gasteiger partial charge in [-0.3, -0.25) is 14.4 Å². The maximum atomic E-state index is 12.6. The van der Waals surface area contributed by atoms with Crippen LogP contribution in [0.2, 0.25) is 0 Å². The molecule has 0 bridgehead atoms. The summed E-state index contributed by atoms with van der Waals surface area (Å²) in [6.45, 7) is 3.02. The van der Waals surface area contributed by atoms with Gasteiger partial charge in [0.25, 0.3) is 0 Å². The first-order valence-corrected chi connectivity index (χ1v) is 8.95. The van der Waals surface area contributed by atoms with Crippen LogP contribution < -0.4 is 25.4 Å². The van der Waals surface area contributed by atoms with Crippen molar-refractivity contribution in [2.24, 2.45) is 11.8 Å². The predicted molar refractivity (Wildman–Crippen MR) is 98.2 cm³/mol. The molecule has 2 atom stereocenters. The number of amides is 3. The number of nitrogens with one attached hydrogen (secondary N) is 2. The molecule has 0 aliphatic carbocycles. The molecule has 9 heteroatoms. The number of hydrogen-bond acceptors (Lipinski definition) is 6. The topological polar surface area (TPSA) is 128 Å². The Morgan fingerprint density at radius 1 is 1.25 bits per heavy atom. The van der Waals surface area contributed by atoms with Gasteiger partial charge in [0.2, 0.25) is 17.7 Å². The lowest BCUT2D eigenvalue weighted by Crippen LogP contribution is -2.53. The monoisotopic (exact) mass is 390 g/mol. The normalized spacial score (nSPS) is 17.4. The van der Waals surface area contributed by atoms with Crippen LogP contribution in [0.15, 0.2) is 24.3 Å². The van der Waals surface area contributed by atoms with Crippen molar-refractivity contribution >= 4 is 29.4 Å². The molecular weight excluding hydrogens is 366 g/mol. The van der Waals surface area contributed by atoms with Crippen LogP contribution in [0, 0.1) is 11.8 Å². The summed E-state index contributed by atoms with van der Waals surface area (Å²) in [5.41, 5.74) is 0.660. The summed E-state index contributed by atoms with van der Waals surface area (Å²) in [5, 5.41) is 15.3. The van der Waals surface area contributed by atoms with Crippen LogP contribution in [-0.4, -0.2) is 49.9 Å². The molecule has 0 spiro atoms. The summed E-state index contributed by atoms with van der Waals surface area (Å²) in [6.07, 6.45) is 0.0311. The molecule has 28 heavy (non-hydrogen) atoms. The minimum absolute atomic E-state index is 0.0311. The van der Waals surface area contributed by atoms with Crippen LogP contribution in [0.4, 0.5) is 5.69 Å². The second-order valence-corrected chi connectivity index (χ2v) is 6.92. The molecule has 1 aromatic carbocycles. The Morgan fingerprint density at radius 3 is 2.43 bits per heavy atom. The number of nitrogens with zero attached hydrogens (tertiary/aromatic N) is 1. The Morgan fingerprint density at radius 2 is 1.89 bits per heavy atom. The Bertz CT molecular complexity index is 747. The molecule has 0 saturated carbocycles. The summed E-state index contributed by atoms with van der Waals surface area (Å²) in [5.74, 6) is -2.85. The van der Waals surface area contributed by atoms with Gasteiger partial charge in [0.05, 0.1) is 25.5 Å². The van der Waals surface area contributed by atoms with Gasteiger partial charge in [0.1, 0.15) is 11.8 Å². The van der Waals surface area contributed by atoms with E-state index in [4.69, 9.17) is 4.74 Å². The number of carboxylic acid groups (broad SMARTS) is 1. The molecule has 152 valence electrons.